The quantitative estimate of drug-likeness (QED) is 0.489. The second kappa shape index (κ2) is 4.19. The van der Waals surface area contributed by atoms with Gasteiger partial charge < -0.3 is 9.47 Å². The topological polar surface area (TPSA) is 52.6 Å². The van der Waals surface area contributed by atoms with Crippen molar-refractivity contribution in [3.8, 4) is 0 Å². The Morgan fingerprint density at radius 1 is 1.36 bits per heavy atom. The number of esters is 1. The van der Waals surface area contributed by atoms with Crippen molar-refractivity contribution < 1.29 is 19.1 Å². The lowest BCUT2D eigenvalue weighted by Gasteiger charge is -2.23. The molecular weight excluding hydrogens is 184 g/mol. The molecule has 0 amide bonds. The van der Waals surface area contributed by atoms with Crippen molar-refractivity contribution in [2.75, 3.05) is 13.2 Å². The van der Waals surface area contributed by atoms with Crippen LogP contribution in [-0.4, -0.2) is 30.6 Å². The summed E-state index contributed by atoms with van der Waals surface area (Å²) in [4.78, 5) is 22.5. The van der Waals surface area contributed by atoms with Gasteiger partial charge in [-0.05, 0) is 6.08 Å². The fourth-order valence-corrected chi connectivity index (χ4v) is 1.29. The monoisotopic (exact) mass is 196 g/mol. The molecule has 0 spiro atoms. The molecule has 0 aromatic heterocycles. The van der Waals surface area contributed by atoms with Crippen LogP contribution >= 0.6 is 0 Å². The molecule has 14 heavy (non-hydrogen) atoms. The predicted octanol–water partition coefficient (Wildman–Crippen LogP) is 0.630. The van der Waals surface area contributed by atoms with E-state index in [0.717, 1.165) is 12.2 Å². The van der Waals surface area contributed by atoms with Crippen molar-refractivity contribution in [3.63, 3.8) is 0 Å². The van der Waals surface area contributed by atoms with E-state index in [0.29, 0.717) is 13.0 Å². The normalized spacial score (nSPS) is 25.4. The van der Waals surface area contributed by atoms with Gasteiger partial charge in [-0.3, -0.25) is 4.79 Å². The van der Waals surface area contributed by atoms with Gasteiger partial charge in [0.05, 0.1) is 13.2 Å². The highest BCUT2D eigenvalue weighted by Gasteiger charge is 2.44. The van der Waals surface area contributed by atoms with Crippen LogP contribution in [0.1, 0.15) is 6.42 Å². The lowest BCUT2D eigenvalue weighted by Crippen LogP contribution is -2.42. The third kappa shape index (κ3) is 1.90. The molecule has 4 heteroatoms. The molecule has 1 aliphatic rings. The fourth-order valence-electron chi connectivity index (χ4n) is 1.29. The van der Waals surface area contributed by atoms with Gasteiger partial charge in [0, 0.05) is 12.5 Å². The maximum Gasteiger partial charge on any atom is 0.331 e. The number of hydrogen-bond acceptors (Lipinski definition) is 4. The molecule has 0 bridgehead atoms. The van der Waals surface area contributed by atoms with Gasteiger partial charge in [-0.15, -0.1) is 0 Å². The lowest BCUT2D eigenvalue weighted by molar-refractivity contribution is -0.160. The van der Waals surface area contributed by atoms with Crippen LogP contribution in [0, 0.1) is 0 Å². The molecule has 0 aromatic rings. The third-order valence-corrected chi connectivity index (χ3v) is 2.08. The Morgan fingerprint density at radius 3 is 2.50 bits per heavy atom. The maximum atomic E-state index is 11.5. The van der Waals surface area contributed by atoms with E-state index in [1.54, 1.807) is 0 Å². The molecule has 0 aromatic carbocycles. The first-order valence-electron chi connectivity index (χ1n) is 4.24. The van der Waals surface area contributed by atoms with Crippen LogP contribution in [0.2, 0.25) is 0 Å². The van der Waals surface area contributed by atoms with Crippen LogP contribution in [0.15, 0.2) is 25.3 Å². The SMILES string of the molecule is C=CC(=O)OC1(C(=O)C=C)CCOC1. The summed E-state index contributed by atoms with van der Waals surface area (Å²) in [6, 6.07) is 0. The molecule has 0 saturated carbocycles. The zero-order valence-corrected chi connectivity index (χ0v) is 7.82. The minimum atomic E-state index is -1.17. The van der Waals surface area contributed by atoms with Gasteiger partial charge in [0.25, 0.3) is 0 Å². The average Bonchev–Trinajstić information content (AvgIpc) is 2.66. The van der Waals surface area contributed by atoms with Gasteiger partial charge in [0.2, 0.25) is 5.78 Å². The molecule has 0 radical (unpaired) electrons. The Kier molecular flexibility index (Phi) is 3.19. The summed E-state index contributed by atoms with van der Waals surface area (Å²) in [6.07, 6.45) is 2.54. The van der Waals surface area contributed by atoms with Crippen molar-refractivity contribution in [1.82, 2.24) is 0 Å². The first kappa shape index (κ1) is 10.7. The fraction of sp³-hybridized carbons (Fsp3) is 0.400. The minimum absolute atomic E-state index is 0.0947. The van der Waals surface area contributed by atoms with Gasteiger partial charge in [-0.25, -0.2) is 4.79 Å². The summed E-state index contributed by atoms with van der Waals surface area (Å²) >= 11 is 0. The van der Waals surface area contributed by atoms with Gasteiger partial charge in [-0.1, -0.05) is 13.2 Å². The average molecular weight is 196 g/mol. The maximum absolute atomic E-state index is 11.5. The summed E-state index contributed by atoms with van der Waals surface area (Å²) in [5.41, 5.74) is -1.17. The molecule has 1 rings (SSSR count). The molecule has 1 unspecified atom stereocenters. The van der Waals surface area contributed by atoms with E-state index in [9.17, 15) is 9.59 Å². The zero-order chi connectivity index (χ0) is 10.6. The van der Waals surface area contributed by atoms with E-state index in [1.807, 2.05) is 0 Å². The third-order valence-electron chi connectivity index (χ3n) is 2.08. The first-order valence-corrected chi connectivity index (χ1v) is 4.24. The van der Waals surface area contributed by atoms with E-state index < -0.39 is 11.6 Å². The van der Waals surface area contributed by atoms with E-state index in [1.165, 1.54) is 0 Å². The summed E-state index contributed by atoms with van der Waals surface area (Å²) in [7, 11) is 0. The summed E-state index contributed by atoms with van der Waals surface area (Å²) in [5, 5.41) is 0. The number of carbonyl (C=O) groups is 2. The molecular formula is C10H12O4. The van der Waals surface area contributed by atoms with Crippen LogP contribution in [0.4, 0.5) is 0 Å². The molecule has 1 aliphatic heterocycles. The number of hydrogen-bond donors (Lipinski definition) is 0. The molecule has 1 heterocycles. The van der Waals surface area contributed by atoms with Crippen molar-refractivity contribution in [3.05, 3.63) is 25.3 Å². The van der Waals surface area contributed by atoms with Crippen molar-refractivity contribution in [1.29, 1.82) is 0 Å². The Labute approximate surface area is 82.2 Å². The molecule has 0 N–H and O–H groups in total. The zero-order valence-electron chi connectivity index (χ0n) is 7.82. The Morgan fingerprint density at radius 2 is 2.07 bits per heavy atom. The highest BCUT2D eigenvalue weighted by atomic mass is 16.6. The summed E-state index contributed by atoms with van der Waals surface area (Å²) < 4.78 is 10.0. The van der Waals surface area contributed by atoms with E-state index in [2.05, 4.69) is 13.2 Å². The smallest absolute Gasteiger partial charge is 0.331 e. The Hall–Kier alpha value is -1.42. The van der Waals surface area contributed by atoms with Gasteiger partial charge >= 0.3 is 5.97 Å². The van der Waals surface area contributed by atoms with E-state index in [-0.39, 0.29) is 12.4 Å². The van der Waals surface area contributed by atoms with Crippen LogP contribution in [0.5, 0.6) is 0 Å². The minimum Gasteiger partial charge on any atom is -0.445 e. The number of rotatable bonds is 4. The second-order valence-electron chi connectivity index (χ2n) is 2.99. The number of carbonyl (C=O) groups excluding carboxylic acids is 2. The highest BCUT2D eigenvalue weighted by Crippen LogP contribution is 2.25. The van der Waals surface area contributed by atoms with Crippen LogP contribution in [-0.2, 0) is 19.1 Å². The predicted molar refractivity (Wildman–Crippen MR) is 49.7 cm³/mol. The molecule has 1 saturated heterocycles. The van der Waals surface area contributed by atoms with Crippen molar-refractivity contribution in [2.45, 2.75) is 12.0 Å². The van der Waals surface area contributed by atoms with Crippen LogP contribution in [0.3, 0.4) is 0 Å². The van der Waals surface area contributed by atoms with Gasteiger partial charge in [0.1, 0.15) is 0 Å². The van der Waals surface area contributed by atoms with Crippen LogP contribution in [0.25, 0.3) is 0 Å². The van der Waals surface area contributed by atoms with E-state index in [4.69, 9.17) is 9.47 Å². The summed E-state index contributed by atoms with van der Waals surface area (Å²) in [5.74, 6) is -0.948. The molecule has 0 aliphatic carbocycles. The molecule has 1 fully saturated rings. The Balaban J connectivity index is 2.81. The van der Waals surface area contributed by atoms with Gasteiger partial charge in [0.15, 0.2) is 5.60 Å². The number of ketones is 1. The standard InChI is InChI=1S/C10H12O4/c1-3-8(11)10(5-6-13-7-10)14-9(12)4-2/h3-4H,1-2,5-7H2. The first-order chi connectivity index (χ1) is 6.64. The number of ether oxygens (including phenoxy) is 2. The lowest BCUT2D eigenvalue weighted by atomic mass is 9.97. The van der Waals surface area contributed by atoms with Crippen molar-refractivity contribution >= 4 is 11.8 Å². The van der Waals surface area contributed by atoms with Crippen LogP contribution < -0.4 is 0 Å². The van der Waals surface area contributed by atoms with Gasteiger partial charge in [-0.2, -0.15) is 0 Å². The van der Waals surface area contributed by atoms with E-state index >= 15 is 0 Å². The highest BCUT2D eigenvalue weighted by molar-refractivity contribution is 5.99. The summed E-state index contributed by atoms with van der Waals surface area (Å²) in [6.45, 7) is 7.13. The Bertz CT molecular complexity index is 274. The molecule has 76 valence electrons. The second-order valence-corrected chi connectivity index (χ2v) is 2.99. The largest absolute Gasteiger partial charge is 0.445 e. The molecule has 1 atom stereocenters. The molecule has 4 nitrogen and oxygen atoms in total. The van der Waals surface area contributed by atoms with Crippen molar-refractivity contribution in [2.24, 2.45) is 0 Å².